The maximum atomic E-state index is 12.5. The lowest BCUT2D eigenvalue weighted by Gasteiger charge is -2.19. The van der Waals surface area contributed by atoms with Gasteiger partial charge in [0.1, 0.15) is 0 Å². The number of nitrogens with one attached hydrogen (secondary N) is 1. The van der Waals surface area contributed by atoms with Crippen LogP contribution in [-0.4, -0.2) is 52.8 Å². The van der Waals surface area contributed by atoms with Crippen LogP contribution in [0.15, 0.2) is 29.2 Å². The Labute approximate surface area is 119 Å². The zero-order chi connectivity index (χ0) is 14.8. The summed E-state index contributed by atoms with van der Waals surface area (Å²) in [5, 5.41) is 2.92. The summed E-state index contributed by atoms with van der Waals surface area (Å²) in [7, 11) is -4.99. The first kappa shape index (κ1) is 15.3. The molecule has 0 bridgehead atoms. The van der Waals surface area contributed by atoms with E-state index >= 15 is 0 Å². The van der Waals surface area contributed by atoms with Gasteiger partial charge in [-0.15, -0.1) is 0 Å². The van der Waals surface area contributed by atoms with Crippen LogP contribution in [0.1, 0.15) is 6.42 Å². The Balaban J connectivity index is 2.25. The average Bonchev–Trinajstić information content (AvgIpc) is 2.60. The maximum absolute atomic E-state index is 12.5. The first-order chi connectivity index (χ1) is 9.35. The average molecular weight is 318 g/mol. The topological polar surface area (TPSA) is 83.6 Å². The van der Waals surface area contributed by atoms with E-state index in [0.717, 1.165) is 5.69 Å². The molecule has 8 heteroatoms. The quantitative estimate of drug-likeness (QED) is 0.879. The molecule has 1 aromatic carbocycles. The molecule has 0 spiro atoms. The van der Waals surface area contributed by atoms with Crippen LogP contribution >= 0.6 is 0 Å². The van der Waals surface area contributed by atoms with Crippen molar-refractivity contribution in [1.29, 1.82) is 0 Å². The normalized spacial score (nSPS) is 20.2. The molecule has 1 aliphatic heterocycles. The number of rotatable bonds is 3. The van der Waals surface area contributed by atoms with E-state index in [-0.39, 0.29) is 29.5 Å². The molecular formula is C12H18N2O4S2. The third kappa shape index (κ3) is 3.31. The highest BCUT2D eigenvalue weighted by Crippen LogP contribution is 2.20. The summed E-state index contributed by atoms with van der Waals surface area (Å²) in [4.78, 5) is 0.191. The van der Waals surface area contributed by atoms with Crippen LogP contribution in [0.4, 0.5) is 5.69 Å². The molecule has 0 radical (unpaired) electrons. The minimum Gasteiger partial charge on any atom is -0.388 e. The first-order valence-electron chi connectivity index (χ1n) is 6.33. The molecule has 0 saturated carbocycles. The third-order valence-corrected chi connectivity index (χ3v) is 6.92. The molecule has 1 saturated heterocycles. The fourth-order valence-corrected chi connectivity index (χ4v) is 4.97. The lowest BCUT2D eigenvalue weighted by molar-refractivity contribution is 0.434. The predicted octanol–water partition coefficient (Wildman–Crippen LogP) is 0.537. The number of sulfone groups is 1. The molecule has 2 rings (SSSR count). The van der Waals surface area contributed by atoms with Crippen LogP contribution in [-0.2, 0) is 19.9 Å². The monoisotopic (exact) mass is 318 g/mol. The number of sulfonamides is 1. The van der Waals surface area contributed by atoms with Gasteiger partial charge >= 0.3 is 0 Å². The SMILES string of the molecule is CNc1ccc(S(=O)(=O)N2CCCS(=O)(=O)CC2)cc1. The molecule has 1 aromatic rings. The van der Waals surface area contributed by atoms with Gasteiger partial charge in [0, 0.05) is 25.8 Å². The van der Waals surface area contributed by atoms with E-state index in [1.165, 1.54) is 16.4 Å². The Hall–Kier alpha value is -1.12. The standard InChI is InChI=1S/C12H18N2O4S2/c1-13-11-3-5-12(6-4-11)20(17,18)14-7-2-9-19(15,16)10-8-14/h3-6,13H,2,7-10H2,1H3. The van der Waals surface area contributed by atoms with Crippen molar-refractivity contribution in [3.63, 3.8) is 0 Å². The van der Waals surface area contributed by atoms with E-state index in [4.69, 9.17) is 0 Å². The number of anilines is 1. The van der Waals surface area contributed by atoms with Crippen LogP contribution in [0.3, 0.4) is 0 Å². The molecule has 1 aliphatic rings. The Morgan fingerprint density at radius 2 is 1.75 bits per heavy atom. The van der Waals surface area contributed by atoms with Crippen LogP contribution < -0.4 is 5.32 Å². The van der Waals surface area contributed by atoms with Gasteiger partial charge in [0.2, 0.25) is 10.0 Å². The number of benzene rings is 1. The zero-order valence-corrected chi connectivity index (χ0v) is 12.9. The summed E-state index contributed by atoms with van der Waals surface area (Å²) in [6.07, 6.45) is 0.343. The van der Waals surface area contributed by atoms with Gasteiger partial charge in [-0.25, -0.2) is 16.8 Å². The number of hydrogen-bond donors (Lipinski definition) is 1. The van der Waals surface area contributed by atoms with Crippen LogP contribution in [0.2, 0.25) is 0 Å². The van der Waals surface area contributed by atoms with Crippen molar-refractivity contribution in [2.45, 2.75) is 11.3 Å². The van der Waals surface area contributed by atoms with Crippen molar-refractivity contribution in [3.8, 4) is 0 Å². The fraction of sp³-hybridized carbons (Fsp3) is 0.500. The Bertz CT molecular complexity index is 666. The smallest absolute Gasteiger partial charge is 0.243 e. The second-order valence-corrected chi connectivity index (χ2v) is 8.93. The third-order valence-electron chi connectivity index (χ3n) is 3.30. The second-order valence-electron chi connectivity index (χ2n) is 4.68. The van der Waals surface area contributed by atoms with Crippen molar-refractivity contribution in [2.75, 3.05) is 37.0 Å². The highest BCUT2D eigenvalue weighted by atomic mass is 32.2. The molecule has 1 fully saturated rings. The first-order valence-corrected chi connectivity index (χ1v) is 9.60. The van der Waals surface area contributed by atoms with Gasteiger partial charge < -0.3 is 5.32 Å². The highest BCUT2D eigenvalue weighted by molar-refractivity contribution is 7.91. The van der Waals surface area contributed by atoms with Gasteiger partial charge in [0.25, 0.3) is 0 Å². The summed E-state index contributed by atoms with van der Waals surface area (Å²) in [6, 6.07) is 6.42. The van der Waals surface area contributed by atoms with Gasteiger partial charge in [0.05, 0.1) is 16.4 Å². The van der Waals surface area contributed by atoms with Gasteiger partial charge in [-0.2, -0.15) is 4.31 Å². The predicted molar refractivity (Wildman–Crippen MR) is 78.0 cm³/mol. The molecule has 112 valence electrons. The van der Waals surface area contributed by atoms with Crippen molar-refractivity contribution in [2.24, 2.45) is 0 Å². The van der Waals surface area contributed by atoms with E-state index in [2.05, 4.69) is 5.32 Å². The van der Waals surface area contributed by atoms with E-state index < -0.39 is 19.9 Å². The van der Waals surface area contributed by atoms with E-state index in [1.54, 1.807) is 19.2 Å². The van der Waals surface area contributed by atoms with E-state index in [9.17, 15) is 16.8 Å². The van der Waals surface area contributed by atoms with Crippen LogP contribution in [0, 0.1) is 0 Å². The van der Waals surface area contributed by atoms with E-state index in [0.29, 0.717) is 6.42 Å². The summed E-state index contributed by atoms with van der Waals surface area (Å²) in [5.74, 6) is -0.0570. The highest BCUT2D eigenvalue weighted by Gasteiger charge is 2.28. The molecule has 6 nitrogen and oxygen atoms in total. The number of nitrogens with zero attached hydrogens (tertiary/aromatic N) is 1. The summed E-state index contributed by atoms with van der Waals surface area (Å²) >= 11 is 0. The molecule has 0 amide bonds. The van der Waals surface area contributed by atoms with Crippen molar-refractivity contribution in [1.82, 2.24) is 4.31 Å². The molecule has 0 aromatic heterocycles. The Morgan fingerprint density at radius 3 is 2.35 bits per heavy atom. The summed E-state index contributed by atoms with van der Waals surface area (Å²) < 4.78 is 49.2. The van der Waals surface area contributed by atoms with Crippen molar-refractivity contribution in [3.05, 3.63) is 24.3 Å². The second kappa shape index (κ2) is 5.71. The minimum atomic E-state index is -3.62. The Kier molecular flexibility index (Phi) is 4.36. The minimum absolute atomic E-state index is 0.0262. The summed E-state index contributed by atoms with van der Waals surface area (Å²) in [5.41, 5.74) is 0.822. The van der Waals surface area contributed by atoms with Gasteiger partial charge in [0.15, 0.2) is 9.84 Å². The molecule has 0 atom stereocenters. The fourth-order valence-electron chi connectivity index (χ4n) is 2.10. The van der Waals surface area contributed by atoms with E-state index in [1.807, 2.05) is 0 Å². The van der Waals surface area contributed by atoms with Gasteiger partial charge in [-0.05, 0) is 30.7 Å². The lowest BCUT2D eigenvalue weighted by atomic mass is 10.3. The lowest BCUT2D eigenvalue weighted by Crippen LogP contribution is -2.33. The molecule has 20 heavy (non-hydrogen) atoms. The molecular weight excluding hydrogens is 300 g/mol. The molecule has 0 aliphatic carbocycles. The molecule has 0 unspecified atom stereocenters. The van der Waals surface area contributed by atoms with Crippen molar-refractivity contribution >= 4 is 25.5 Å². The van der Waals surface area contributed by atoms with Gasteiger partial charge in [-0.3, -0.25) is 0 Å². The van der Waals surface area contributed by atoms with Crippen molar-refractivity contribution < 1.29 is 16.8 Å². The van der Waals surface area contributed by atoms with Crippen LogP contribution in [0.5, 0.6) is 0 Å². The van der Waals surface area contributed by atoms with Crippen LogP contribution in [0.25, 0.3) is 0 Å². The molecule has 1 N–H and O–H groups in total. The molecule has 1 heterocycles. The Morgan fingerprint density at radius 1 is 1.10 bits per heavy atom. The maximum Gasteiger partial charge on any atom is 0.243 e. The largest absolute Gasteiger partial charge is 0.388 e. The zero-order valence-electron chi connectivity index (χ0n) is 11.2. The summed E-state index contributed by atoms with van der Waals surface area (Å²) in [6.45, 7) is 0.272. The van der Waals surface area contributed by atoms with Gasteiger partial charge in [-0.1, -0.05) is 0 Å². The number of hydrogen-bond acceptors (Lipinski definition) is 5.